The zero-order valence-corrected chi connectivity index (χ0v) is 44.4. The molecule has 14 nitrogen and oxygen atoms in total. The molecule has 2 aliphatic carbocycles. The van der Waals surface area contributed by atoms with Gasteiger partial charge in [-0.05, 0) is 148 Å². The fourth-order valence-electron chi connectivity index (χ4n) is 10.5. The Bertz CT molecular complexity index is 3360. The van der Waals surface area contributed by atoms with E-state index in [1.54, 1.807) is 53.2 Å². The van der Waals surface area contributed by atoms with Crippen molar-refractivity contribution in [3.8, 4) is 11.5 Å². The molecule has 3 heterocycles. The third-order valence-corrected chi connectivity index (χ3v) is 15.0. The SMILES string of the molecule is CCN(CC)Cc1ccccc1CNC(=O)c1cccc(NC(=O)c2cccc(C(=O)NCCn3cc(CCC[N+]4=C(/C=C/C5=C6Oc7cc(OC(=O)C8CC8)ccc7C=C6CCC5)C(C)(C)c5ccccc54)nn3)c2)c1. The van der Waals surface area contributed by atoms with Gasteiger partial charge in [0.05, 0.1) is 23.6 Å². The maximum absolute atomic E-state index is 13.4. The Balaban J connectivity index is 0.722. The van der Waals surface area contributed by atoms with Crippen LogP contribution < -0.4 is 25.4 Å². The largest absolute Gasteiger partial charge is 0.456 e. The van der Waals surface area contributed by atoms with E-state index in [0.29, 0.717) is 53.5 Å². The predicted octanol–water partition coefficient (Wildman–Crippen LogP) is 10.5. The smallest absolute Gasteiger partial charge is 0.314 e. The van der Waals surface area contributed by atoms with Crippen LogP contribution >= 0.6 is 0 Å². The molecule has 5 aromatic carbocycles. The van der Waals surface area contributed by atoms with Gasteiger partial charge in [0.1, 0.15) is 23.8 Å². The zero-order valence-electron chi connectivity index (χ0n) is 44.4. The molecule has 0 atom stereocenters. The van der Waals surface area contributed by atoms with E-state index in [0.717, 1.165) is 99.3 Å². The van der Waals surface area contributed by atoms with E-state index >= 15 is 0 Å². The van der Waals surface area contributed by atoms with Crippen LogP contribution in [-0.2, 0) is 36.3 Å². The molecule has 10 rings (SSSR count). The average Bonchev–Trinajstić information content (AvgIpc) is 4.28. The van der Waals surface area contributed by atoms with Crippen LogP contribution in [0.15, 0.2) is 151 Å². The van der Waals surface area contributed by atoms with Gasteiger partial charge in [-0.2, -0.15) is 4.58 Å². The standard InChI is InChI=1S/C63H66N8O6/c1-5-69(6-2)40-50-16-8-7-15-49(50)39-65-60(73)48-21-13-22-51(37-48)66-61(74)47-20-12-19-46(36-47)59(72)64-32-34-70-41-52(67-68-70)23-14-33-71-55-25-10-9-24-54(55)63(3,4)57(71)31-29-42-17-11-18-45-35-44-28-30-53(38-56(44)77-58(42)45)76-62(75)43-26-27-43/h7-10,12-13,15-16,19-22,24-25,28-31,35-38,41,43H,5-6,11,14,17-18,23,26-27,32-34,39-40H2,1-4H3,(H2-,64,65,66,72,73,74)/p+1/b31-29+. The Morgan fingerprint density at radius 2 is 1.56 bits per heavy atom. The molecular formula is C63H67N8O6+. The minimum atomic E-state index is -0.402. The van der Waals surface area contributed by atoms with E-state index in [1.807, 2.05) is 42.6 Å². The Morgan fingerprint density at radius 1 is 0.818 bits per heavy atom. The average molecular weight is 1030 g/mol. The Labute approximate surface area is 450 Å². The van der Waals surface area contributed by atoms with Crippen molar-refractivity contribution < 1.29 is 33.2 Å². The number of hydrogen-bond acceptors (Lipinski definition) is 9. The van der Waals surface area contributed by atoms with Crippen LogP contribution in [0.2, 0.25) is 0 Å². The number of allylic oxidation sites excluding steroid dienone is 4. The number of carbonyl (C=O) groups is 4. The summed E-state index contributed by atoms with van der Waals surface area (Å²) in [5, 5.41) is 17.7. The summed E-state index contributed by atoms with van der Waals surface area (Å²) in [6.45, 7) is 13.4. The van der Waals surface area contributed by atoms with Crippen LogP contribution in [0.3, 0.4) is 0 Å². The van der Waals surface area contributed by atoms with Crippen LogP contribution in [0, 0.1) is 5.92 Å². The minimum absolute atomic E-state index is 0.0160. The van der Waals surface area contributed by atoms with Crippen LogP contribution in [0.1, 0.15) is 125 Å². The molecule has 3 amide bonds. The highest BCUT2D eigenvalue weighted by atomic mass is 16.5. The van der Waals surface area contributed by atoms with E-state index in [9.17, 15) is 19.2 Å². The number of fused-ring (bicyclic) bond motifs is 3. The lowest BCUT2D eigenvalue weighted by Crippen LogP contribution is -2.28. The molecule has 394 valence electrons. The van der Waals surface area contributed by atoms with Gasteiger partial charge >= 0.3 is 5.97 Å². The number of nitrogens with one attached hydrogen (secondary N) is 3. The second-order valence-corrected chi connectivity index (χ2v) is 20.7. The number of hydrogen-bond donors (Lipinski definition) is 3. The summed E-state index contributed by atoms with van der Waals surface area (Å²) >= 11 is 0. The number of ether oxygens (including phenoxy) is 2. The summed E-state index contributed by atoms with van der Waals surface area (Å²) in [5.41, 5.74) is 11.4. The molecule has 0 radical (unpaired) electrons. The minimum Gasteiger partial charge on any atom is -0.456 e. The van der Waals surface area contributed by atoms with Gasteiger partial charge in [-0.15, -0.1) is 5.10 Å². The second-order valence-electron chi connectivity index (χ2n) is 20.7. The number of benzene rings is 5. The van der Waals surface area contributed by atoms with Crippen molar-refractivity contribution >= 4 is 46.9 Å². The van der Waals surface area contributed by atoms with Crippen molar-refractivity contribution in [3.63, 3.8) is 0 Å². The van der Waals surface area contributed by atoms with Crippen LogP contribution in [0.25, 0.3) is 6.08 Å². The van der Waals surface area contributed by atoms with E-state index in [-0.39, 0.29) is 29.1 Å². The normalized spacial score (nSPS) is 15.4. The number of rotatable bonds is 21. The van der Waals surface area contributed by atoms with Crippen molar-refractivity contribution in [1.29, 1.82) is 0 Å². The van der Waals surface area contributed by atoms with Crippen molar-refractivity contribution in [2.45, 2.75) is 97.7 Å². The number of nitrogens with zero attached hydrogens (tertiary/aromatic N) is 5. The molecule has 0 saturated heterocycles. The quantitative estimate of drug-likeness (QED) is 0.0362. The molecule has 1 fully saturated rings. The molecule has 14 heteroatoms. The first kappa shape index (κ1) is 52.2. The van der Waals surface area contributed by atoms with Crippen molar-refractivity contribution in [3.05, 3.63) is 195 Å². The molecule has 1 aromatic heterocycles. The highest BCUT2D eigenvalue weighted by Gasteiger charge is 2.44. The lowest BCUT2D eigenvalue weighted by molar-refractivity contribution is -0.438. The molecule has 4 aliphatic rings. The first-order chi connectivity index (χ1) is 37.4. The maximum atomic E-state index is 13.4. The molecule has 1 saturated carbocycles. The fraction of sp³-hybridized carbons (Fsp3) is 0.317. The van der Waals surface area contributed by atoms with Crippen molar-refractivity contribution in [2.24, 2.45) is 5.92 Å². The van der Waals surface area contributed by atoms with Gasteiger partial charge in [-0.25, -0.2) is 0 Å². The third-order valence-electron chi connectivity index (χ3n) is 15.0. The monoisotopic (exact) mass is 1030 g/mol. The van der Waals surface area contributed by atoms with Gasteiger partial charge in [0.15, 0.2) is 5.71 Å². The molecule has 77 heavy (non-hydrogen) atoms. The number of anilines is 1. The summed E-state index contributed by atoms with van der Waals surface area (Å²) in [6, 6.07) is 35.8. The van der Waals surface area contributed by atoms with Gasteiger partial charge in [0.2, 0.25) is 5.69 Å². The first-order valence-electron chi connectivity index (χ1n) is 27.1. The van der Waals surface area contributed by atoms with E-state index in [4.69, 9.17) is 9.47 Å². The van der Waals surface area contributed by atoms with Crippen LogP contribution in [0.5, 0.6) is 11.5 Å². The second kappa shape index (κ2) is 23.3. The number of aryl methyl sites for hydroxylation is 1. The highest BCUT2D eigenvalue weighted by molar-refractivity contribution is 6.07. The molecule has 0 unspecified atom stereocenters. The number of esters is 1. The summed E-state index contributed by atoms with van der Waals surface area (Å²) in [4.78, 5) is 54.7. The van der Waals surface area contributed by atoms with Gasteiger partial charge in [0.25, 0.3) is 17.7 Å². The number of aromatic nitrogens is 3. The number of carbonyl (C=O) groups excluding carboxylic acids is 4. The molecule has 6 aromatic rings. The summed E-state index contributed by atoms with van der Waals surface area (Å²) in [7, 11) is 0. The van der Waals surface area contributed by atoms with E-state index in [1.165, 1.54) is 28.1 Å². The highest BCUT2D eigenvalue weighted by Crippen LogP contribution is 2.43. The lowest BCUT2D eigenvalue weighted by Gasteiger charge is -2.26. The van der Waals surface area contributed by atoms with E-state index < -0.39 is 5.91 Å². The maximum Gasteiger partial charge on any atom is 0.314 e. The molecule has 0 bridgehead atoms. The predicted molar refractivity (Wildman–Crippen MR) is 298 cm³/mol. The number of amides is 3. The Hall–Kier alpha value is -8.23. The summed E-state index contributed by atoms with van der Waals surface area (Å²) in [5.74, 6) is 0.998. The molecular weight excluding hydrogens is 965 g/mol. The summed E-state index contributed by atoms with van der Waals surface area (Å²) in [6.07, 6.45) is 14.9. The van der Waals surface area contributed by atoms with Crippen molar-refractivity contribution in [1.82, 2.24) is 30.5 Å². The lowest BCUT2D eigenvalue weighted by atomic mass is 9.81. The topological polar surface area (TPSA) is 160 Å². The van der Waals surface area contributed by atoms with E-state index in [2.05, 4.69) is 112 Å². The van der Waals surface area contributed by atoms with Gasteiger partial charge in [0, 0.05) is 84.0 Å². The molecule has 2 aliphatic heterocycles. The van der Waals surface area contributed by atoms with Gasteiger partial charge in [-0.1, -0.05) is 73.7 Å². The fourth-order valence-corrected chi connectivity index (χ4v) is 10.5. The summed E-state index contributed by atoms with van der Waals surface area (Å²) < 4.78 is 16.5. The Kier molecular flexibility index (Phi) is 15.8. The number of para-hydroxylation sites is 1. The van der Waals surface area contributed by atoms with Crippen molar-refractivity contribution in [2.75, 3.05) is 31.5 Å². The van der Waals surface area contributed by atoms with Crippen LogP contribution in [0.4, 0.5) is 11.4 Å². The Morgan fingerprint density at radius 3 is 2.36 bits per heavy atom. The van der Waals surface area contributed by atoms with Gasteiger partial charge in [-0.3, -0.25) is 28.8 Å². The van der Waals surface area contributed by atoms with Crippen LogP contribution in [-0.4, -0.2) is 80.1 Å². The first-order valence-corrected chi connectivity index (χ1v) is 27.1. The third kappa shape index (κ3) is 12.2. The molecule has 3 N–H and O–H groups in total. The van der Waals surface area contributed by atoms with Gasteiger partial charge < -0.3 is 25.4 Å². The molecule has 0 spiro atoms. The zero-order chi connectivity index (χ0) is 53.5.